The minimum Gasteiger partial charge on any atom is -0.333 e. The molecule has 1 aromatic heterocycles. The summed E-state index contributed by atoms with van der Waals surface area (Å²) >= 11 is 0. The van der Waals surface area contributed by atoms with Crippen LogP contribution in [0.4, 0.5) is 11.4 Å². The molecule has 0 spiro atoms. The van der Waals surface area contributed by atoms with Crippen LogP contribution in [0.15, 0.2) is 146 Å². The van der Waals surface area contributed by atoms with E-state index in [-0.39, 0.29) is 12.0 Å². The van der Waals surface area contributed by atoms with Gasteiger partial charge in [-0.1, -0.05) is 91.1 Å². The van der Waals surface area contributed by atoms with Crippen molar-refractivity contribution in [3.05, 3.63) is 179 Å². The molecule has 2 atom stereocenters. The standard InChI is InChI=1S/C46H29N5/c47-27-30-20-22-44-41(23-30)39-15-4-5-18-43(39)51(44)45-24-31(28-48)19-21-37(45)34-11-6-9-32(25-34)33-10-7-13-36(26-33)50-42-17-3-1-2-14-38(42)40-16-8-12-35(29-49)46(40)50/h1-13,15-26,39,43H,14H2. The highest BCUT2D eigenvalue weighted by molar-refractivity contribution is 5.95. The summed E-state index contributed by atoms with van der Waals surface area (Å²) in [5, 5.41) is 30.9. The second-order valence-electron chi connectivity index (χ2n) is 13.0. The molecule has 0 N–H and O–H groups in total. The zero-order chi connectivity index (χ0) is 34.5. The minimum absolute atomic E-state index is 0.0144. The van der Waals surface area contributed by atoms with Crippen molar-refractivity contribution in [3.63, 3.8) is 0 Å². The molecule has 2 heterocycles. The zero-order valence-electron chi connectivity index (χ0n) is 27.5. The van der Waals surface area contributed by atoms with Gasteiger partial charge in [0.25, 0.3) is 0 Å². The largest absolute Gasteiger partial charge is 0.333 e. The van der Waals surface area contributed by atoms with E-state index in [9.17, 15) is 15.8 Å². The molecular weight excluding hydrogens is 623 g/mol. The smallest absolute Gasteiger partial charge is 0.101 e. The molecule has 238 valence electrons. The number of anilines is 2. The van der Waals surface area contributed by atoms with Gasteiger partial charge in [0, 0.05) is 28.2 Å². The molecule has 1 aliphatic heterocycles. The highest BCUT2D eigenvalue weighted by Crippen LogP contribution is 2.50. The van der Waals surface area contributed by atoms with Gasteiger partial charge in [-0.25, -0.2) is 0 Å². The molecule has 2 aliphatic carbocycles. The van der Waals surface area contributed by atoms with Crippen LogP contribution in [-0.2, 0) is 6.42 Å². The number of hydrogen-bond donors (Lipinski definition) is 0. The third kappa shape index (κ3) is 4.82. The monoisotopic (exact) mass is 651 g/mol. The van der Waals surface area contributed by atoms with Crippen LogP contribution in [0.5, 0.6) is 0 Å². The van der Waals surface area contributed by atoms with Gasteiger partial charge in [0.15, 0.2) is 0 Å². The number of nitrogens with zero attached hydrogens (tertiary/aromatic N) is 5. The molecule has 5 nitrogen and oxygen atoms in total. The fourth-order valence-corrected chi connectivity index (χ4v) is 8.01. The van der Waals surface area contributed by atoms with Crippen LogP contribution in [0, 0.1) is 34.0 Å². The molecule has 3 aliphatic rings. The van der Waals surface area contributed by atoms with E-state index in [1.807, 2.05) is 48.5 Å². The number of para-hydroxylation sites is 1. The first kappa shape index (κ1) is 30.0. The van der Waals surface area contributed by atoms with Gasteiger partial charge >= 0.3 is 0 Å². The highest BCUT2D eigenvalue weighted by Gasteiger charge is 2.38. The average Bonchev–Trinajstić information content (AvgIpc) is 3.57. The van der Waals surface area contributed by atoms with Crippen molar-refractivity contribution < 1.29 is 0 Å². The number of allylic oxidation sites excluding steroid dienone is 5. The molecule has 2 unspecified atom stereocenters. The molecule has 0 saturated carbocycles. The number of hydrogen-bond acceptors (Lipinski definition) is 4. The summed E-state index contributed by atoms with van der Waals surface area (Å²) in [5.41, 5.74) is 13.4. The summed E-state index contributed by atoms with van der Waals surface area (Å²) in [6.07, 6.45) is 17.8. The number of nitriles is 3. The Morgan fingerprint density at radius 1 is 0.627 bits per heavy atom. The molecule has 0 fully saturated rings. The Bertz CT molecular complexity index is 2680. The Morgan fingerprint density at radius 2 is 1.39 bits per heavy atom. The van der Waals surface area contributed by atoms with Crippen molar-refractivity contribution in [2.45, 2.75) is 18.4 Å². The Morgan fingerprint density at radius 3 is 2.25 bits per heavy atom. The van der Waals surface area contributed by atoms with E-state index in [1.165, 1.54) is 5.56 Å². The molecule has 6 aromatic rings. The molecule has 5 aromatic carbocycles. The van der Waals surface area contributed by atoms with Crippen LogP contribution in [0.2, 0.25) is 0 Å². The van der Waals surface area contributed by atoms with E-state index in [2.05, 4.69) is 131 Å². The molecule has 0 saturated heterocycles. The Balaban J connectivity index is 1.18. The second kappa shape index (κ2) is 12.1. The SMILES string of the molecule is N#Cc1ccc2c(c1)C1C=CC=CC1N2c1cc(C#N)ccc1-c1cccc(-c2cccc(-n3c4c(c5cccc(C#N)c53)CC=CC=C4)c2)c1. The number of benzene rings is 5. The van der Waals surface area contributed by atoms with Crippen molar-refractivity contribution in [1.29, 1.82) is 15.8 Å². The van der Waals surface area contributed by atoms with Gasteiger partial charge in [0.1, 0.15) is 6.07 Å². The second-order valence-corrected chi connectivity index (χ2v) is 13.0. The molecule has 0 amide bonds. The molecule has 0 radical (unpaired) electrons. The summed E-state index contributed by atoms with van der Waals surface area (Å²) in [4.78, 5) is 2.32. The van der Waals surface area contributed by atoms with Crippen molar-refractivity contribution >= 4 is 28.4 Å². The fourth-order valence-electron chi connectivity index (χ4n) is 8.01. The van der Waals surface area contributed by atoms with Crippen LogP contribution >= 0.6 is 0 Å². The van der Waals surface area contributed by atoms with Gasteiger partial charge in [0.05, 0.1) is 51.8 Å². The molecular formula is C46H29N5. The van der Waals surface area contributed by atoms with Gasteiger partial charge in [-0.15, -0.1) is 0 Å². The van der Waals surface area contributed by atoms with E-state index in [1.54, 1.807) is 0 Å². The van der Waals surface area contributed by atoms with Crippen molar-refractivity contribution in [3.8, 4) is 46.1 Å². The first-order chi connectivity index (χ1) is 25.2. The lowest BCUT2D eigenvalue weighted by Crippen LogP contribution is -2.29. The lowest BCUT2D eigenvalue weighted by Gasteiger charge is -2.30. The topological polar surface area (TPSA) is 79.5 Å². The van der Waals surface area contributed by atoms with Crippen molar-refractivity contribution in [2.24, 2.45) is 0 Å². The Hall–Kier alpha value is -7.13. The lowest BCUT2D eigenvalue weighted by molar-refractivity contribution is 0.745. The van der Waals surface area contributed by atoms with Gasteiger partial charge in [0.2, 0.25) is 0 Å². The average molecular weight is 652 g/mol. The van der Waals surface area contributed by atoms with Crippen LogP contribution in [0.1, 0.15) is 39.4 Å². The maximum Gasteiger partial charge on any atom is 0.101 e. The van der Waals surface area contributed by atoms with E-state index in [4.69, 9.17) is 0 Å². The van der Waals surface area contributed by atoms with Crippen molar-refractivity contribution in [2.75, 3.05) is 4.90 Å². The first-order valence-electron chi connectivity index (χ1n) is 17.0. The van der Waals surface area contributed by atoms with Crippen LogP contribution in [0.3, 0.4) is 0 Å². The molecule has 5 heteroatoms. The van der Waals surface area contributed by atoms with Crippen molar-refractivity contribution in [1.82, 2.24) is 4.57 Å². The predicted molar refractivity (Wildman–Crippen MR) is 204 cm³/mol. The quantitative estimate of drug-likeness (QED) is 0.190. The Kier molecular flexibility index (Phi) is 7.10. The fraction of sp³-hybridized carbons (Fsp3) is 0.0652. The summed E-state index contributed by atoms with van der Waals surface area (Å²) in [5.74, 6) is 0.0953. The highest BCUT2D eigenvalue weighted by atomic mass is 15.2. The zero-order valence-corrected chi connectivity index (χ0v) is 27.5. The van der Waals surface area contributed by atoms with Gasteiger partial charge in [-0.05, 0) is 94.9 Å². The van der Waals surface area contributed by atoms with Gasteiger partial charge in [-0.3, -0.25) is 0 Å². The van der Waals surface area contributed by atoms with Crippen LogP contribution in [-0.4, -0.2) is 10.6 Å². The lowest BCUT2D eigenvalue weighted by atomic mass is 9.90. The summed E-state index contributed by atoms with van der Waals surface area (Å²) < 4.78 is 2.23. The molecule has 51 heavy (non-hydrogen) atoms. The van der Waals surface area contributed by atoms with E-state index < -0.39 is 0 Å². The minimum atomic E-state index is 0.0144. The third-order valence-corrected chi connectivity index (χ3v) is 10.3. The molecule has 9 rings (SSSR count). The Labute approximate surface area is 296 Å². The summed E-state index contributed by atoms with van der Waals surface area (Å²) in [7, 11) is 0. The molecule has 0 bridgehead atoms. The van der Waals surface area contributed by atoms with E-state index in [0.29, 0.717) is 16.7 Å². The maximum absolute atomic E-state index is 10.1. The first-order valence-corrected chi connectivity index (χ1v) is 17.0. The predicted octanol–water partition coefficient (Wildman–Crippen LogP) is 10.4. The van der Waals surface area contributed by atoms with Gasteiger partial charge < -0.3 is 9.47 Å². The van der Waals surface area contributed by atoms with Crippen LogP contribution in [0.25, 0.3) is 44.9 Å². The number of aromatic nitrogens is 1. The summed E-state index contributed by atoms with van der Waals surface area (Å²) in [6.45, 7) is 0. The third-order valence-electron chi connectivity index (χ3n) is 10.3. The maximum atomic E-state index is 10.1. The van der Waals surface area contributed by atoms with E-state index in [0.717, 1.165) is 67.9 Å². The van der Waals surface area contributed by atoms with Gasteiger partial charge in [-0.2, -0.15) is 15.8 Å². The number of fused-ring (bicyclic) bond motifs is 6. The number of rotatable bonds is 4. The van der Waals surface area contributed by atoms with Crippen LogP contribution < -0.4 is 4.90 Å². The normalized spacial score (nSPS) is 16.5. The van der Waals surface area contributed by atoms with E-state index >= 15 is 0 Å². The summed E-state index contributed by atoms with van der Waals surface area (Å²) in [6, 6.07) is 42.0.